The van der Waals surface area contributed by atoms with E-state index in [4.69, 9.17) is 0 Å². The summed E-state index contributed by atoms with van der Waals surface area (Å²) in [6.45, 7) is 0. The maximum Gasteiger partial charge on any atom is 0.164 e. The fourth-order valence-electron chi connectivity index (χ4n) is 2.18. The summed E-state index contributed by atoms with van der Waals surface area (Å²) in [6.07, 6.45) is 7.75. The smallest absolute Gasteiger partial charge is 0.164 e. The van der Waals surface area contributed by atoms with Crippen LogP contribution in [-0.2, 0) is 9.84 Å². The lowest BCUT2D eigenvalue weighted by atomic mass is 10.3. The standard InChI is InChI=1S/C8H8O2S/c9-11(10)5-1-3-6-7(4-2-5)8(6)11/h1-8H/t5?,6-,7-,8?/m0/s1. The molecule has 2 nitrogen and oxygen atoms in total. The maximum absolute atomic E-state index is 11.5. The van der Waals surface area contributed by atoms with Gasteiger partial charge in [-0.25, -0.2) is 8.42 Å². The molecule has 0 amide bonds. The molecular weight excluding hydrogens is 160 g/mol. The number of hydrogen-bond donors (Lipinski definition) is 0. The molecule has 0 saturated heterocycles. The van der Waals surface area contributed by atoms with Crippen molar-refractivity contribution in [2.75, 3.05) is 0 Å². The second-order valence-corrected chi connectivity index (χ2v) is 5.71. The average Bonchev–Trinajstić information content (AvgIpc) is 2.56. The van der Waals surface area contributed by atoms with E-state index in [2.05, 4.69) is 12.2 Å². The maximum atomic E-state index is 11.5. The van der Waals surface area contributed by atoms with Gasteiger partial charge in [-0.2, -0.15) is 0 Å². The highest BCUT2D eigenvalue weighted by Gasteiger charge is 2.60. The lowest BCUT2D eigenvalue weighted by Crippen LogP contribution is -2.26. The molecule has 3 aliphatic rings. The Balaban J connectivity index is 2.32. The minimum Gasteiger partial charge on any atom is -0.228 e. The fraction of sp³-hybridized carbons (Fsp3) is 0.500. The highest BCUT2D eigenvalue weighted by atomic mass is 32.2. The van der Waals surface area contributed by atoms with Crippen LogP contribution in [0.15, 0.2) is 24.3 Å². The molecule has 2 atom stereocenters. The molecule has 1 fully saturated rings. The Labute approximate surface area is 65.5 Å². The number of allylic oxidation sites excluding steroid dienone is 2. The molecule has 0 aromatic carbocycles. The zero-order valence-electron chi connectivity index (χ0n) is 5.84. The molecule has 3 heteroatoms. The molecule has 0 aromatic heterocycles. The van der Waals surface area contributed by atoms with E-state index in [1.54, 1.807) is 0 Å². The number of fused-ring (bicyclic) bond motifs is 2. The SMILES string of the molecule is O=S1(=O)C2C=C[C@@H]3C1[C@H]3C=C2. The highest BCUT2D eigenvalue weighted by Crippen LogP contribution is 2.53. The van der Waals surface area contributed by atoms with E-state index >= 15 is 0 Å². The summed E-state index contributed by atoms with van der Waals surface area (Å²) in [7, 11) is -2.80. The molecule has 1 saturated carbocycles. The van der Waals surface area contributed by atoms with Crippen LogP contribution in [0.25, 0.3) is 0 Å². The Kier molecular flexibility index (Phi) is 0.796. The highest BCUT2D eigenvalue weighted by molar-refractivity contribution is 7.93. The number of rotatable bonds is 0. The minimum atomic E-state index is -2.80. The van der Waals surface area contributed by atoms with Gasteiger partial charge < -0.3 is 0 Å². The van der Waals surface area contributed by atoms with Crippen molar-refractivity contribution in [3.63, 3.8) is 0 Å². The lowest BCUT2D eigenvalue weighted by Gasteiger charge is -2.14. The summed E-state index contributed by atoms with van der Waals surface area (Å²) in [5.74, 6) is 0.630. The van der Waals surface area contributed by atoms with E-state index in [1.807, 2.05) is 12.2 Å². The molecule has 2 aliphatic heterocycles. The van der Waals surface area contributed by atoms with Gasteiger partial charge in [0.25, 0.3) is 0 Å². The lowest BCUT2D eigenvalue weighted by molar-refractivity contribution is 0.588. The topological polar surface area (TPSA) is 34.1 Å². The molecule has 0 N–H and O–H groups in total. The number of sulfone groups is 1. The van der Waals surface area contributed by atoms with Gasteiger partial charge in [0.15, 0.2) is 9.84 Å². The van der Waals surface area contributed by atoms with Crippen molar-refractivity contribution < 1.29 is 8.42 Å². The Morgan fingerprint density at radius 2 is 1.45 bits per heavy atom. The second-order valence-electron chi connectivity index (χ2n) is 3.44. The summed E-state index contributed by atoms with van der Waals surface area (Å²) in [4.78, 5) is 0. The van der Waals surface area contributed by atoms with Crippen LogP contribution in [0.4, 0.5) is 0 Å². The van der Waals surface area contributed by atoms with Crippen molar-refractivity contribution in [1.82, 2.24) is 0 Å². The first kappa shape index (κ1) is 6.00. The molecule has 2 heterocycles. The van der Waals surface area contributed by atoms with Crippen LogP contribution >= 0.6 is 0 Å². The van der Waals surface area contributed by atoms with Crippen molar-refractivity contribution in [2.45, 2.75) is 10.5 Å². The third kappa shape index (κ3) is 0.527. The van der Waals surface area contributed by atoms with Crippen LogP contribution in [0, 0.1) is 11.8 Å². The molecule has 58 valence electrons. The summed E-state index contributed by atoms with van der Waals surface area (Å²) in [6, 6.07) is 0. The normalized spacial score (nSPS) is 54.2. The third-order valence-electron chi connectivity index (χ3n) is 2.87. The van der Waals surface area contributed by atoms with E-state index in [0.29, 0.717) is 11.8 Å². The van der Waals surface area contributed by atoms with Crippen molar-refractivity contribution in [3.05, 3.63) is 24.3 Å². The van der Waals surface area contributed by atoms with Crippen molar-refractivity contribution in [3.8, 4) is 0 Å². The second kappa shape index (κ2) is 1.46. The first-order valence-corrected chi connectivity index (χ1v) is 5.41. The minimum absolute atomic E-state index is 0.0532. The van der Waals surface area contributed by atoms with Crippen LogP contribution in [-0.4, -0.2) is 18.9 Å². The van der Waals surface area contributed by atoms with Crippen LogP contribution in [0.3, 0.4) is 0 Å². The zero-order chi connectivity index (χ0) is 7.64. The zero-order valence-corrected chi connectivity index (χ0v) is 6.66. The fourth-order valence-corrected chi connectivity index (χ4v) is 4.49. The van der Waals surface area contributed by atoms with Gasteiger partial charge in [-0.05, 0) is 0 Å². The quantitative estimate of drug-likeness (QED) is 0.494. The molecule has 2 bridgehead atoms. The molecule has 3 rings (SSSR count). The first-order valence-electron chi connectivity index (χ1n) is 3.80. The monoisotopic (exact) mass is 168 g/mol. The van der Waals surface area contributed by atoms with Gasteiger partial charge in [0, 0.05) is 11.8 Å². The van der Waals surface area contributed by atoms with Gasteiger partial charge in [0.2, 0.25) is 0 Å². The average molecular weight is 168 g/mol. The van der Waals surface area contributed by atoms with Gasteiger partial charge in [-0.1, -0.05) is 24.3 Å². The van der Waals surface area contributed by atoms with E-state index < -0.39 is 9.84 Å². The predicted molar refractivity (Wildman–Crippen MR) is 41.8 cm³/mol. The molecule has 0 spiro atoms. The Hall–Kier alpha value is -0.570. The molecule has 1 aliphatic carbocycles. The summed E-state index contributed by atoms with van der Waals surface area (Å²) >= 11 is 0. The summed E-state index contributed by atoms with van der Waals surface area (Å²) < 4.78 is 23.0. The van der Waals surface area contributed by atoms with Crippen molar-refractivity contribution >= 4 is 9.84 Å². The van der Waals surface area contributed by atoms with Gasteiger partial charge in [0.1, 0.15) is 0 Å². The van der Waals surface area contributed by atoms with Gasteiger partial charge in [-0.3, -0.25) is 0 Å². The van der Waals surface area contributed by atoms with E-state index in [0.717, 1.165) is 0 Å². The largest absolute Gasteiger partial charge is 0.228 e. The van der Waals surface area contributed by atoms with Crippen molar-refractivity contribution in [2.24, 2.45) is 11.8 Å². The molecule has 0 unspecified atom stereocenters. The van der Waals surface area contributed by atoms with Crippen molar-refractivity contribution in [1.29, 1.82) is 0 Å². The summed E-state index contributed by atoms with van der Waals surface area (Å²) in [5.41, 5.74) is 0. The van der Waals surface area contributed by atoms with E-state index in [-0.39, 0.29) is 10.5 Å². The Morgan fingerprint density at radius 1 is 0.909 bits per heavy atom. The summed E-state index contributed by atoms with van der Waals surface area (Å²) in [5, 5.41) is -0.356. The third-order valence-corrected chi connectivity index (χ3v) is 5.33. The predicted octanol–water partition coefficient (Wildman–Crippen LogP) is 0.524. The Bertz CT molecular complexity index is 344. The first-order chi connectivity index (χ1) is 5.21. The van der Waals surface area contributed by atoms with Gasteiger partial charge in [-0.15, -0.1) is 0 Å². The molecule has 0 aromatic rings. The molecular formula is C8H8O2S. The van der Waals surface area contributed by atoms with E-state index in [9.17, 15) is 8.42 Å². The van der Waals surface area contributed by atoms with Crippen LogP contribution < -0.4 is 0 Å². The van der Waals surface area contributed by atoms with Crippen LogP contribution in [0.1, 0.15) is 0 Å². The van der Waals surface area contributed by atoms with Crippen LogP contribution in [0.5, 0.6) is 0 Å². The van der Waals surface area contributed by atoms with E-state index in [1.165, 1.54) is 0 Å². The van der Waals surface area contributed by atoms with Gasteiger partial charge >= 0.3 is 0 Å². The number of hydrogen-bond acceptors (Lipinski definition) is 2. The molecule has 0 radical (unpaired) electrons. The Morgan fingerprint density at radius 3 is 1.91 bits per heavy atom. The van der Waals surface area contributed by atoms with Gasteiger partial charge in [0.05, 0.1) is 10.5 Å². The molecule has 11 heavy (non-hydrogen) atoms. The van der Waals surface area contributed by atoms with Crippen LogP contribution in [0.2, 0.25) is 0 Å².